The molecule has 8 nitrogen and oxygen atoms in total. The Kier molecular flexibility index (Phi) is 5.61. The molecule has 2 aromatic carbocycles. The molecule has 4 rings (SSSR count). The summed E-state index contributed by atoms with van der Waals surface area (Å²) in [6.45, 7) is 5.72. The van der Waals surface area contributed by atoms with Crippen LogP contribution in [0.3, 0.4) is 0 Å². The number of nitrogens with one attached hydrogen (secondary N) is 1. The predicted molar refractivity (Wildman–Crippen MR) is 120 cm³/mol. The molecule has 2 N–H and O–H groups in total. The zero-order valence-corrected chi connectivity index (χ0v) is 18.4. The summed E-state index contributed by atoms with van der Waals surface area (Å²) in [7, 11) is 1.54. The topological polar surface area (TPSA) is 105 Å². The number of aromatic nitrogens is 2. The summed E-state index contributed by atoms with van der Waals surface area (Å²) in [4.78, 5) is 35.3. The molecule has 1 aliphatic heterocycles. The number of fused-ring (bicyclic) bond motifs is 1. The first-order valence-electron chi connectivity index (χ1n) is 10.4. The lowest BCUT2D eigenvalue weighted by Gasteiger charge is -2.25. The number of para-hydroxylation sites is 2. The van der Waals surface area contributed by atoms with Crippen LogP contribution in [0.4, 0.5) is 5.95 Å². The molecule has 0 saturated heterocycles. The van der Waals surface area contributed by atoms with E-state index in [-0.39, 0.29) is 17.3 Å². The Morgan fingerprint density at radius 1 is 1.22 bits per heavy atom. The van der Waals surface area contributed by atoms with Gasteiger partial charge in [-0.15, -0.1) is 0 Å². The molecule has 1 unspecified atom stereocenters. The van der Waals surface area contributed by atoms with E-state index in [0.717, 1.165) is 5.52 Å². The lowest BCUT2D eigenvalue weighted by molar-refractivity contribution is -0.119. The van der Waals surface area contributed by atoms with Crippen LogP contribution in [0, 0.1) is 5.92 Å². The largest absolute Gasteiger partial charge is 0.503 e. The summed E-state index contributed by atoms with van der Waals surface area (Å²) in [5, 5.41) is 10.8. The number of rotatable bonds is 7. The maximum atomic E-state index is 13.2. The second kappa shape index (κ2) is 8.37. The zero-order chi connectivity index (χ0) is 23.0. The zero-order valence-electron chi connectivity index (χ0n) is 18.4. The molecule has 32 heavy (non-hydrogen) atoms. The van der Waals surface area contributed by atoms with Gasteiger partial charge in [0.15, 0.2) is 23.0 Å². The van der Waals surface area contributed by atoms with Crippen LogP contribution < -0.4 is 14.4 Å². The standard InChI is InChI=1S/C24H25N3O5/c1-5-32-18-12-14(10-11-17(18)31-4)20-19(21(28)13(2)3)22(29)23(30)27(20)24-25-15-8-6-7-9-16(15)26-24/h6-13,20,29H,5H2,1-4H3,(H,25,26). The number of carbonyl (C=O) groups excluding carboxylic acids is 2. The maximum absolute atomic E-state index is 13.2. The summed E-state index contributed by atoms with van der Waals surface area (Å²) in [6.07, 6.45) is 0. The average molecular weight is 435 g/mol. The number of anilines is 1. The number of nitrogens with zero attached hydrogens (tertiary/aromatic N) is 2. The van der Waals surface area contributed by atoms with E-state index in [4.69, 9.17) is 9.47 Å². The molecule has 1 aromatic heterocycles. The van der Waals surface area contributed by atoms with Crippen molar-refractivity contribution in [3.8, 4) is 11.5 Å². The van der Waals surface area contributed by atoms with Crippen molar-refractivity contribution in [2.75, 3.05) is 18.6 Å². The quantitative estimate of drug-likeness (QED) is 0.579. The third kappa shape index (κ3) is 3.47. The summed E-state index contributed by atoms with van der Waals surface area (Å²) >= 11 is 0. The Morgan fingerprint density at radius 3 is 2.62 bits per heavy atom. The summed E-state index contributed by atoms with van der Waals surface area (Å²) in [5.74, 6) is -0.730. The first kappa shape index (κ1) is 21.4. The monoisotopic (exact) mass is 435 g/mol. The Balaban J connectivity index is 1.91. The molecule has 8 heteroatoms. The fourth-order valence-corrected chi connectivity index (χ4v) is 3.89. The summed E-state index contributed by atoms with van der Waals surface area (Å²) < 4.78 is 11.1. The normalized spacial score (nSPS) is 16.3. The summed E-state index contributed by atoms with van der Waals surface area (Å²) in [6, 6.07) is 11.7. The van der Waals surface area contributed by atoms with Crippen LogP contribution in [-0.4, -0.2) is 40.5 Å². The number of H-pyrrole nitrogens is 1. The van der Waals surface area contributed by atoms with Crippen LogP contribution in [-0.2, 0) is 9.59 Å². The number of carbonyl (C=O) groups is 2. The minimum atomic E-state index is -0.872. The smallest absolute Gasteiger partial charge is 0.296 e. The lowest BCUT2D eigenvalue weighted by atomic mass is 9.91. The van der Waals surface area contributed by atoms with Crippen LogP contribution >= 0.6 is 0 Å². The highest BCUT2D eigenvalue weighted by Gasteiger charge is 2.46. The number of hydrogen-bond donors (Lipinski definition) is 2. The van der Waals surface area contributed by atoms with Crippen molar-refractivity contribution < 1.29 is 24.2 Å². The number of methoxy groups -OCH3 is 1. The molecule has 166 valence electrons. The van der Waals surface area contributed by atoms with Gasteiger partial charge in [-0.3, -0.25) is 14.5 Å². The van der Waals surface area contributed by atoms with Crippen molar-refractivity contribution in [1.29, 1.82) is 0 Å². The number of ether oxygens (including phenoxy) is 2. The van der Waals surface area contributed by atoms with Crippen molar-refractivity contribution >= 4 is 28.7 Å². The minimum absolute atomic E-state index is 0.0399. The molecule has 0 aliphatic carbocycles. The van der Waals surface area contributed by atoms with E-state index in [9.17, 15) is 14.7 Å². The van der Waals surface area contributed by atoms with Crippen LogP contribution in [0.5, 0.6) is 11.5 Å². The Hall–Kier alpha value is -3.81. The number of aliphatic hydroxyl groups is 1. The van der Waals surface area contributed by atoms with Crippen molar-refractivity contribution in [3.05, 3.63) is 59.4 Å². The third-order valence-electron chi connectivity index (χ3n) is 5.41. The van der Waals surface area contributed by atoms with E-state index in [0.29, 0.717) is 29.2 Å². The van der Waals surface area contributed by atoms with E-state index < -0.39 is 23.6 Å². The van der Waals surface area contributed by atoms with E-state index >= 15 is 0 Å². The number of hydrogen-bond acceptors (Lipinski definition) is 6. The maximum Gasteiger partial charge on any atom is 0.296 e. The summed E-state index contributed by atoms with van der Waals surface area (Å²) in [5.41, 5.74) is 2.04. The number of ketones is 1. The fourth-order valence-electron chi connectivity index (χ4n) is 3.89. The molecule has 1 aliphatic rings. The second-order valence-corrected chi connectivity index (χ2v) is 7.78. The number of benzene rings is 2. The number of Topliss-reactive ketones (excluding diaryl/α,β-unsaturated/α-hetero) is 1. The van der Waals surface area contributed by atoms with E-state index in [1.165, 1.54) is 12.0 Å². The molecule has 0 bridgehead atoms. The van der Waals surface area contributed by atoms with Gasteiger partial charge in [-0.05, 0) is 36.8 Å². The van der Waals surface area contributed by atoms with Gasteiger partial charge in [0.2, 0.25) is 5.95 Å². The molecule has 0 saturated carbocycles. The fraction of sp³-hybridized carbons (Fsp3) is 0.292. The minimum Gasteiger partial charge on any atom is -0.503 e. The second-order valence-electron chi connectivity index (χ2n) is 7.78. The van der Waals surface area contributed by atoms with Crippen molar-refractivity contribution in [2.24, 2.45) is 5.92 Å². The molecular weight excluding hydrogens is 410 g/mol. The molecule has 1 amide bonds. The SMILES string of the molecule is CCOc1cc(C2C(C(=O)C(C)C)=C(O)C(=O)N2c2nc3ccccc3[nH]2)ccc1OC. The highest BCUT2D eigenvalue weighted by atomic mass is 16.5. The van der Waals surface area contributed by atoms with Crippen LogP contribution in [0.2, 0.25) is 0 Å². The highest BCUT2D eigenvalue weighted by Crippen LogP contribution is 2.43. The molecular formula is C24H25N3O5. The number of aromatic amines is 1. The van der Waals surface area contributed by atoms with E-state index in [1.807, 2.05) is 31.2 Å². The van der Waals surface area contributed by atoms with Gasteiger partial charge in [-0.25, -0.2) is 4.98 Å². The highest BCUT2D eigenvalue weighted by molar-refractivity contribution is 6.16. The van der Waals surface area contributed by atoms with Crippen molar-refractivity contribution in [1.82, 2.24) is 9.97 Å². The van der Waals surface area contributed by atoms with Gasteiger partial charge in [-0.1, -0.05) is 32.0 Å². The predicted octanol–water partition coefficient (Wildman–Crippen LogP) is 4.10. The van der Waals surface area contributed by atoms with Gasteiger partial charge < -0.3 is 19.6 Å². The van der Waals surface area contributed by atoms with Gasteiger partial charge in [0.25, 0.3) is 5.91 Å². The Morgan fingerprint density at radius 2 is 1.97 bits per heavy atom. The Bertz CT molecular complexity index is 1190. The van der Waals surface area contributed by atoms with Crippen molar-refractivity contribution in [2.45, 2.75) is 26.8 Å². The van der Waals surface area contributed by atoms with Gasteiger partial charge >= 0.3 is 0 Å². The van der Waals surface area contributed by atoms with Crippen molar-refractivity contribution in [3.63, 3.8) is 0 Å². The number of amides is 1. The lowest BCUT2D eigenvalue weighted by Crippen LogP contribution is -2.32. The Labute approximate surface area is 185 Å². The number of imidazole rings is 1. The van der Waals surface area contributed by atoms with Gasteiger partial charge in [0, 0.05) is 5.92 Å². The molecule has 3 aromatic rings. The average Bonchev–Trinajstić information content (AvgIpc) is 3.32. The molecule has 0 fully saturated rings. The van der Waals surface area contributed by atoms with Gasteiger partial charge in [0.05, 0.1) is 36.4 Å². The molecule has 0 radical (unpaired) electrons. The van der Waals surface area contributed by atoms with Crippen LogP contribution in [0.25, 0.3) is 11.0 Å². The van der Waals surface area contributed by atoms with Gasteiger partial charge in [0.1, 0.15) is 0 Å². The first-order valence-corrected chi connectivity index (χ1v) is 10.4. The van der Waals surface area contributed by atoms with Crippen LogP contribution in [0.15, 0.2) is 53.8 Å². The number of aliphatic hydroxyl groups excluding tert-OH is 1. The van der Waals surface area contributed by atoms with Gasteiger partial charge in [-0.2, -0.15) is 0 Å². The van der Waals surface area contributed by atoms with Crippen LogP contribution in [0.1, 0.15) is 32.4 Å². The van der Waals surface area contributed by atoms with E-state index in [1.54, 1.807) is 32.0 Å². The van der Waals surface area contributed by atoms with E-state index in [2.05, 4.69) is 9.97 Å². The first-order chi connectivity index (χ1) is 15.4. The third-order valence-corrected chi connectivity index (χ3v) is 5.41. The molecule has 0 spiro atoms. The molecule has 2 heterocycles. The molecule has 1 atom stereocenters.